The quantitative estimate of drug-likeness (QED) is 0.506. The van der Waals surface area contributed by atoms with E-state index >= 15 is 0 Å². The van der Waals surface area contributed by atoms with Crippen LogP contribution >= 0.6 is 0 Å². The van der Waals surface area contributed by atoms with Crippen LogP contribution in [-0.2, 0) is 0 Å². The van der Waals surface area contributed by atoms with Crippen LogP contribution in [0.4, 0.5) is 21.0 Å². The number of carbonyl (C=O) groups is 2. The van der Waals surface area contributed by atoms with E-state index in [9.17, 15) is 9.59 Å². The number of imide groups is 1. The Hall–Kier alpha value is -2.24. The average Bonchev–Trinajstić information content (AvgIpc) is 2.93. The molecule has 0 atom stereocenters. The first kappa shape index (κ1) is 19.1. The molecule has 2 rings (SSSR count). The molecular weight excluding hydrogens is 316 g/mol. The summed E-state index contributed by atoms with van der Waals surface area (Å²) < 4.78 is 0. The summed E-state index contributed by atoms with van der Waals surface area (Å²) in [5.41, 5.74) is 1.60. The van der Waals surface area contributed by atoms with Gasteiger partial charge in [0.25, 0.3) is 0 Å². The lowest BCUT2D eigenvalue weighted by molar-refractivity contribution is 0.249. The van der Waals surface area contributed by atoms with Gasteiger partial charge in [-0.3, -0.25) is 0 Å². The van der Waals surface area contributed by atoms with Crippen molar-refractivity contribution in [2.75, 3.05) is 16.3 Å². The van der Waals surface area contributed by atoms with E-state index in [1.165, 1.54) is 38.5 Å². The zero-order valence-electron chi connectivity index (χ0n) is 15.4. The summed E-state index contributed by atoms with van der Waals surface area (Å²) in [7, 11) is 0. The summed E-state index contributed by atoms with van der Waals surface area (Å²) in [6.45, 7) is 7.59. The highest BCUT2D eigenvalue weighted by molar-refractivity contribution is 6.17. The second-order valence-electron chi connectivity index (χ2n) is 6.67. The molecule has 0 radical (unpaired) electrons. The van der Waals surface area contributed by atoms with Crippen LogP contribution in [0.15, 0.2) is 34.5 Å². The van der Waals surface area contributed by atoms with E-state index < -0.39 is 12.1 Å². The normalized spacial score (nSPS) is 14.0. The lowest BCUT2D eigenvalue weighted by Crippen LogP contribution is -2.32. The number of amides is 4. The van der Waals surface area contributed by atoms with Crippen LogP contribution in [-0.4, -0.2) is 24.6 Å². The number of benzene rings is 1. The van der Waals surface area contributed by atoms with Crippen molar-refractivity contribution in [1.82, 2.24) is 0 Å². The van der Waals surface area contributed by atoms with Gasteiger partial charge < -0.3 is 4.90 Å². The highest BCUT2D eigenvalue weighted by Crippen LogP contribution is 2.25. The van der Waals surface area contributed by atoms with Crippen LogP contribution in [0, 0.1) is 0 Å². The van der Waals surface area contributed by atoms with Crippen molar-refractivity contribution in [1.29, 1.82) is 0 Å². The molecule has 1 heterocycles. The summed E-state index contributed by atoms with van der Waals surface area (Å²) in [6, 6.07) is 6.57. The monoisotopic (exact) mass is 344 g/mol. The van der Waals surface area contributed by atoms with Crippen LogP contribution in [0.1, 0.15) is 59.3 Å². The number of unbranched alkanes of at least 4 members (excludes halogenated alkanes) is 5. The summed E-state index contributed by atoms with van der Waals surface area (Å²) in [6.07, 6.45) is 7.63. The molecule has 0 aliphatic carbocycles. The Kier molecular flexibility index (Phi) is 7.10. The third-order valence-electron chi connectivity index (χ3n) is 4.42. The molecule has 4 amide bonds. The van der Waals surface area contributed by atoms with Crippen LogP contribution in [0.25, 0.3) is 0 Å². The molecule has 0 N–H and O–H groups in total. The lowest BCUT2D eigenvalue weighted by Gasteiger charge is -2.29. The van der Waals surface area contributed by atoms with Crippen molar-refractivity contribution in [2.24, 2.45) is 10.2 Å². The van der Waals surface area contributed by atoms with Gasteiger partial charge in [0.2, 0.25) is 0 Å². The molecule has 0 saturated carbocycles. The van der Waals surface area contributed by atoms with Crippen molar-refractivity contribution >= 4 is 23.4 Å². The molecule has 0 spiro atoms. The maximum absolute atomic E-state index is 11.6. The minimum absolute atomic E-state index is 0.390. The summed E-state index contributed by atoms with van der Waals surface area (Å²) in [4.78, 5) is 26.5. The number of anilines is 2. The molecular formula is C19H28N4O2. The molecule has 0 bridgehead atoms. The number of rotatable bonds is 10. The minimum Gasteiger partial charge on any atom is -0.369 e. The zero-order chi connectivity index (χ0) is 18.2. The Morgan fingerprint density at radius 1 is 0.920 bits per heavy atom. The fourth-order valence-electron chi connectivity index (χ4n) is 3.02. The highest BCUT2D eigenvalue weighted by Gasteiger charge is 2.29. The molecule has 1 aromatic rings. The summed E-state index contributed by atoms with van der Waals surface area (Å²) in [5, 5.41) is 6.57. The van der Waals surface area contributed by atoms with Crippen molar-refractivity contribution in [3.05, 3.63) is 24.3 Å². The molecule has 6 nitrogen and oxygen atoms in total. The van der Waals surface area contributed by atoms with E-state index in [1.807, 2.05) is 12.1 Å². The number of nitrogens with zero attached hydrogens (tertiary/aromatic N) is 4. The van der Waals surface area contributed by atoms with Crippen LogP contribution in [0.5, 0.6) is 0 Å². The van der Waals surface area contributed by atoms with Gasteiger partial charge in [0.15, 0.2) is 0 Å². The molecule has 0 unspecified atom stereocenters. The van der Waals surface area contributed by atoms with Gasteiger partial charge >= 0.3 is 12.1 Å². The maximum atomic E-state index is 11.6. The molecule has 25 heavy (non-hydrogen) atoms. The Bertz CT molecular complexity index is 592. The van der Waals surface area contributed by atoms with Gasteiger partial charge in [0, 0.05) is 18.3 Å². The molecule has 0 saturated heterocycles. The number of urea groups is 2. The Balaban J connectivity index is 1.95. The number of carbonyl (C=O) groups excluding carboxylic acids is 2. The predicted octanol–water partition coefficient (Wildman–Crippen LogP) is 5.77. The van der Waals surface area contributed by atoms with Crippen LogP contribution in [0.3, 0.4) is 0 Å². The van der Waals surface area contributed by atoms with Crippen LogP contribution < -0.4 is 9.80 Å². The largest absolute Gasteiger partial charge is 0.375 e. The predicted molar refractivity (Wildman–Crippen MR) is 100 cm³/mol. The first-order valence-corrected chi connectivity index (χ1v) is 9.21. The third kappa shape index (κ3) is 5.11. The molecule has 136 valence electrons. The van der Waals surface area contributed by atoms with E-state index in [-0.39, 0.29) is 0 Å². The number of azo groups is 1. The van der Waals surface area contributed by atoms with Gasteiger partial charge in [0.1, 0.15) is 0 Å². The number of hydrogen-bond donors (Lipinski definition) is 0. The molecule has 1 aromatic carbocycles. The third-order valence-corrected chi connectivity index (χ3v) is 4.42. The van der Waals surface area contributed by atoms with E-state index in [4.69, 9.17) is 0 Å². The Morgan fingerprint density at radius 3 is 2.04 bits per heavy atom. The molecule has 1 aliphatic heterocycles. The smallest absolute Gasteiger partial charge is 0.369 e. The Labute approximate surface area is 149 Å². The topological polar surface area (TPSA) is 65.3 Å². The van der Waals surface area contributed by atoms with Gasteiger partial charge in [-0.25, -0.2) is 14.5 Å². The van der Waals surface area contributed by atoms with Crippen molar-refractivity contribution in [3.8, 4) is 0 Å². The van der Waals surface area contributed by atoms with E-state index in [0.717, 1.165) is 17.1 Å². The number of hydrogen-bond acceptors (Lipinski definition) is 3. The van der Waals surface area contributed by atoms with E-state index in [1.54, 1.807) is 12.1 Å². The molecule has 6 heteroatoms. The summed E-state index contributed by atoms with van der Waals surface area (Å²) >= 11 is 0. The maximum Gasteiger partial charge on any atom is 0.375 e. The zero-order valence-corrected chi connectivity index (χ0v) is 15.4. The standard InChI is InChI=1S/C19H28N4O2/c1-4-5-6-7-8-9-14-22(15(2)3)16-10-12-17(13-11-16)23-18(24)20-21-19(23)25/h10-13,15H,4-9,14H2,1-3H3. The van der Waals surface area contributed by atoms with Gasteiger partial charge in [-0.05, 0) is 44.5 Å². The second kappa shape index (κ2) is 9.30. The van der Waals surface area contributed by atoms with E-state index in [0.29, 0.717) is 11.7 Å². The van der Waals surface area contributed by atoms with Gasteiger partial charge in [-0.2, -0.15) is 0 Å². The molecule has 0 aromatic heterocycles. The van der Waals surface area contributed by atoms with E-state index in [2.05, 4.69) is 35.9 Å². The van der Waals surface area contributed by atoms with Crippen LogP contribution in [0.2, 0.25) is 0 Å². The van der Waals surface area contributed by atoms with Crippen molar-refractivity contribution < 1.29 is 9.59 Å². The first-order chi connectivity index (χ1) is 12.0. The fraction of sp³-hybridized carbons (Fsp3) is 0.579. The van der Waals surface area contributed by atoms with Gasteiger partial charge in [-0.1, -0.05) is 49.3 Å². The van der Waals surface area contributed by atoms with Crippen molar-refractivity contribution in [3.63, 3.8) is 0 Å². The SMILES string of the molecule is CCCCCCCCN(c1ccc(N2C(=O)N=NC2=O)cc1)C(C)C. The lowest BCUT2D eigenvalue weighted by atomic mass is 10.1. The minimum atomic E-state index is -0.634. The second-order valence-corrected chi connectivity index (χ2v) is 6.67. The average molecular weight is 344 g/mol. The van der Waals surface area contributed by atoms with Gasteiger partial charge in [0.05, 0.1) is 5.69 Å². The summed E-state index contributed by atoms with van der Waals surface area (Å²) in [5.74, 6) is 0. The Morgan fingerprint density at radius 2 is 1.48 bits per heavy atom. The van der Waals surface area contributed by atoms with Crippen molar-refractivity contribution in [2.45, 2.75) is 65.3 Å². The van der Waals surface area contributed by atoms with Gasteiger partial charge in [-0.15, -0.1) is 0 Å². The highest BCUT2D eigenvalue weighted by atomic mass is 16.2. The molecule has 1 aliphatic rings. The first-order valence-electron chi connectivity index (χ1n) is 9.21. The molecule has 0 fully saturated rings. The fourth-order valence-corrected chi connectivity index (χ4v) is 3.02.